The van der Waals surface area contributed by atoms with Crippen LogP contribution in [-0.2, 0) is 9.47 Å². The topological polar surface area (TPSA) is 77.4 Å². The van der Waals surface area contributed by atoms with E-state index in [1.54, 1.807) is 0 Å². The molecule has 0 aromatic heterocycles. The van der Waals surface area contributed by atoms with Gasteiger partial charge in [0, 0.05) is 7.05 Å². The highest BCUT2D eigenvalue weighted by Gasteiger charge is 2.66. The quantitative estimate of drug-likeness (QED) is 0.646. The number of aliphatic hydroxyl groups is 2. The highest BCUT2D eigenvalue weighted by Crippen LogP contribution is 2.48. The second-order valence-corrected chi connectivity index (χ2v) is 8.00. The SMILES string of the molecule is CCCCCC1=C2N(C[C@H]3O[C@H](OC(C)(C)C)[C@H](O)[C@@]23O)N(C)N1. The monoisotopic (exact) mass is 341 g/mol. The fourth-order valence-corrected chi connectivity index (χ4v) is 3.81. The summed E-state index contributed by atoms with van der Waals surface area (Å²) in [5.41, 5.74) is 3.12. The Balaban J connectivity index is 1.85. The maximum absolute atomic E-state index is 11.4. The molecule has 7 heteroatoms. The zero-order valence-electron chi connectivity index (χ0n) is 15.4. The van der Waals surface area contributed by atoms with Crippen LogP contribution in [0.3, 0.4) is 0 Å². The van der Waals surface area contributed by atoms with Crippen molar-refractivity contribution in [2.45, 2.75) is 83.1 Å². The highest BCUT2D eigenvalue weighted by molar-refractivity contribution is 5.35. The molecule has 0 saturated carbocycles. The van der Waals surface area contributed by atoms with Crippen molar-refractivity contribution in [1.29, 1.82) is 0 Å². The summed E-state index contributed by atoms with van der Waals surface area (Å²) in [5, 5.41) is 26.0. The van der Waals surface area contributed by atoms with Crippen molar-refractivity contribution in [2.24, 2.45) is 0 Å². The summed E-state index contributed by atoms with van der Waals surface area (Å²) in [5.74, 6) is 0. The van der Waals surface area contributed by atoms with Gasteiger partial charge < -0.3 is 25.1 Å². The molecular weight excluding hydrogens is 310 g/mol. The van der Waals surface area contributed by atoms with Crippen LogP contribution in [0.5, 0.6) is 0 Å². The number of fused-ring (bicyclic) bond motifs is 3. The Morgan fingerprint density at radius 3 is 2.71 bits per heavy atom. The van der Waals surface area contributed by atoms with Crippen molar-refractivity contribution in [3.63, 3.8) is 0 Å². The minimum absolute atomic E-state index is 0.455. The van der Waals surface area contributed by atoms with Gasteiger partial charge in [-0.2, -0.15) is 0 Å². The van der Waals surface area contributed by atoms with Crippen molar-refractivity contribution < 1.29 is 19.7 Å². The number of unbranched alkanes of at least 4 members (excludes halogenated alkanes) is 2. The first-order valence-electron chi connectivity index (χ1n) is 8.93. The van der Waals surface area contributed by atoms with Gasteiger partial charge in [-0.1, -0.05) is 19.8 Å². The molecule has 0 amide bonds. The molecule has 7 nitrogen and oxygen atoms in total. The lowest BCUT2D eigenvalue weighted by Crippen LogP contribution is -2.49. The first-order valence-corrected chi connectivity index (χ1v) is 8.93. The second kappa shape index (κ2) is 6.14. The number of hydrogen-bond donors (Lipinski definition) is 3. The van der Waals surface area contributed by atoms with Gasteiger partial charge in [0.15, 0.2) is 11.9 Å². The molecule has 2 fully saturated rings. The minimum Gasteiger partial charge on any atom is -0.384 e. The Kier molecular flexibility index (Phi) is 4.59. The third-order valence-corrected chi connectivity index (χ3v) is 4.92. The van der Waals surface area contributed by atoms with Crippen LogP contribution in [0.1, 0.15) is 53.4 Å². The van der Waals surface area contributed by atoms with Gasteiger partial charge >= 0.3 is 0 Å². The molecule has 0 radical (unpaired) electrons. The number of hydrazine groups is 2. The molecule has 0 unspecified atom stereocenters. The third kappa shape index (κ3) is 2.82. The number of nitrogens with zero attached hydrogens (tertiary/aromatic N) is 2. The van der Waals surface area contributed by atoms with Gasteiger partial charge in [0.05, 0.1) is 23.5 Å². The van der Waals surface area contributed by atoms with Crippen LogP contribution >= 0.6 is 0 Å². The first kappa shape index (κ1) is 17.9. The maximum atomic E-state index is 11.4. The first-order chi connectivity index (χ1) is 11.2. The fraction of sp³-hybridized carbons (Fsp3) is 0.882. The largest absolute Gasteiger partial charge is 0.384 e. The second-order valence-electron chi connectivity index (χ2n) is 8.00. The Morgan fingerprint density at radius 1 is 1.38 bits per heavy atom. The van der Waals surface area contributed by atoms with Crippen molar-refractivity contribution in [2.75, 3.05) is 13.6 Å². The van der Waals surface area contributed by atoms with Gasteiger partial charge in [-0.15, -0.1) is 5.12 Å². The summed E-state index contributed by atoms with van der Waals surface area (Å²) in [6.45, 7) is 8.39. The van der Waals surface area contributed by atoms with Gasteiger partial charge in [0.2, 0.25) is 0 Å². The molecule has 0 bridgehead atoms. The van der Waals surface area contributed by atoms with Crippen LogP contribution in [0.25, 0.3) is 0 Å². The third-order valence-electron chi connectivity index (χ3n) is 4.92. The van der Waals surface area contributed by atoms with E-state index in [1.807, 2.05) is 37.9 Å². The molecule has 0 spiro atoms. The molecule has 3 N–H and O–H groups in total. The molecule has 3 heterocycles. The highest BCUT2D eigenvalue weighted by atomic mass is 16.7. The van der Waals surface area contributed by atoms with E-state index in [0.29, 0.717) is 6.54 Å². The van der Waals surface area contributed by atoms with Crippen molar-refractivity contribution >= 4 is 0 Å². The van der Waals surface area contributed by atoms with E-state index in [2.05, 4.69) is 12.3 Å². The average Bonchev–Trinajstić information content (AvgIpc) is 3.01. The number of nitrogens with one attached hydrogen (secondary N) is 1. The Bertz CT molecular complexity index is 518. The Morgan fingerprint density at radius 2 is 2.08 bits per heavy atom. The Labute approximate surface area is 144 Å². The van der Waals surface area contributed by atoms with Crippen LogP contribution in [0, 0.1) is 0 Å². The zero-order chi connectivity index (χ0) is 17.7. The van der Waals surface area contributed by atoms with Crippen LogP contribution < -0.4 is 5.43 Å². The molecule has 2 saturated heterocycles. The predicted octanol–water partition coefficient (Wildman–Crippen LogP) is 1.09. The summed E-state index contributed by atoms with van der Waals surface area (Å²) in [4.78, 5) is 0. The van der Waals surface area contributed by atoms with E-state index in [9.17, 15) is 10.2 Å². The minimum atomic E-state index is -1.44. The molecular formula is C17H31N3O4. The summed E-state index contributed by atoms with van der Waals surface area (Å²) < 4.78 is 11.7. The van der Waals surface area contributed by atoms with Crippen LogP contribution in [0.2, 0.25) is 0 Å². The van der Waals surface area contributed by atoms with Crippen LogP contribution in [0.15, 0.2) is 11.4 Å². The van der Waals surface area contributed by atoms with E-state index in [0.717, 1.165) is 37.1 Å². The van der Waals surface area contributed by atoms with Crippen LogP contribution in [0.4, 0.5) is 0 Å². The molecule has 3 aliphatic heterocycles. The van der Waals surface area contributed by atoms with Crippen molar-refractivity contribution in [3.05, 3.63) is 11.4 Å². The maximum Gasteiger partial charge on any atom is 0.187 e. The molecule has 0 aliphatic carbocycles. The zero-order valence-corrected chi connectivity index (χ0v) is 15.4. The molecule has 4 atom stereocenters. The summed E-state index contributed by atoms with van der Waals surface area (Å²) in [7, 11) is 1.91. The summed E-state index contributed by atoms with van der Waals surface area (Å²) in [6.07, 6.45) is 1.73. The molecule has 138 valence electrons. The fourth-order valence-electron chi connectivity index (χ4n) is 3.81. The van der Waals surface area contributed by atoms with Gasteiger partial charge in [-0.05, 0) is 33.6 Å². The predicted molar refractivity (Wildman–Crippen MR) is 89.2 cm³/mol. The van der Waals surface area contributed by atoms with Gasteiger partial charge in [-0.25, -0.2) is 0 Å². The molecule has 0 aromatic carbocycles. The Hall–Kier alpha value is -0.860. The standard InChI is InChI=1S/C17H31N3O4/c1-6-7-8-9-11-13-17(22)12(10-20(13)19(5)18-11)23-15(14(17)21)24-16(2,3)4/h12,14-15,18,21-22H,6-10H2,1-5H3/t12-,14+,15-,17+/m1/s1. The molecule has 0 aromatic rings. The van der Waals surface area contributed by atoms with E-state index in [-0.39, 0.29) is 0 Å². The lowest BCUT2D eigenvalue weighted by molar-refractivity contribution is -0.217. The van der Waals surface area contributed by atoms with Crippen molar-refractivity contribution in [3.8, 4) is 0 Å². The van der Waals surface area contributed by atoms with Gasteiger partial charge in [-0.3, -0.25) is 5.01 Å². The van der Waals surface area contributed by atoms with Crippen molar-refractivity contribution in [1.82, 2.24) is 15.6 Å². The van der Waals surface area contributed by atoms with E-state index in [1.165, 1.54) is 0 Å². The average molecular weight is 341 g/mol. The smallest absolute Gasteiger partial charge is 0.187 e. The van der Waals surface area contributed by atoms with E-state index in [4.69, 9.17) is 9.47 Å². The lowest BCUT2D eigenvalue weighted by Gasteiger charge is -2.31. The van der Waals surface area contributed by atoms with Crippen LogP contribution in [-0.4, -0.2) is 63.6 Å². The summed E-state index contributed by atoms with van der Waals surface area (Å²) in [6, 6.07) is 0. The molecule has 24 heavy (non-hydrogen) atoms. The molecule has 3 rings (SSSR count). The number of hydrogen-bond acceptors (Lipinski definition) is 7. The normalized spacial score (nSPS) is 36.3. The number of aliphatic hydroxyl groups excluding tert-OH is 1. The molecule has 3 aliphatic rings. The number of ether oxygens (including phenoxy) is 2. The summed E-state index contributed by atoms with van der Waals surface area (Å²) >= 11 is 0. The lowest BCUT2D eigenvalue weighted by atomic mass is 9.90. The number of allylic oxidation sites excluding steroid dienone is 1. The number of rotatable bonds is 5. The van der Waals surface area contributed by atoms with Gasteiger partial charge in [0.25, 0.3) is 0 Å². The van der Waals surface area contributed by atoms with Gasteiger partial charge in [0.1, 0.15) is 12.2 Å². The van der Waals surface area contributed by atoms with E-state index < -0.39 is 29.7 Å². The van der Waals surface area contributed by atoms with E-state index >= 15 is 0 Å².